The van der Waals surface area contributed by atoms with Crippen molar-refractivity contribution >= 4 is 5.69 Å². The van der Waals surface area contributed by atoms with E-state index < -0.39 is 5.82 Å². The summed E-state index contributed by atoms with van der Waals surface area (Å²) in [7, 11) is 1.53. The molecule has 2 rings (SSSR count). The highest BCUT2D eigenvalue weighted by Crippen LogP contribution is 2.24. The van der Waals surface area contributed by atoms with Gasteiger partial charge in [-0.15, -0.1) is 0 Å². The van der Waals surface area contributed by atoms with Crippen LogP contribution in [0.5, 0.6) is 11.5 Å². The predicted molar refractivity (Wildman–Crippen MR) is 72.9 cm³/mol. The first-order chi connectivity index (χ1) is 9.63. The van der Waals surface area contributed by atoms with E-state index in [1.54, 1.807) is 18.2 Å². The number of hydrogen-bond donors (Lipinski definition) is 1. The Hall–Kier alpha value is -2.74. The fraction of sp³-hybridized carbons (Fsp3) is 0.133. The number of nitrogens with zero attached hydrogens (tertiary/aromatic N) is 1. The second-order valence-corrected chi connectivity index (χ2v) is 4.12. The van der Waals surface area contributed by atoms with Gasteiger partial charge < -0.3 is 15.2 Å². The normalized spacial score (nSPS) is 9.85. The number of rotatable bonds is 4. The van der Waals surface area contributed by atoms with Crippen molar-refractivity contribution in [3.8, 4) is 17.6 Å². The van der Waals surface area contributed by atoms with Crippen LogP contribution in [0.3, 0.4) is 0 Å². The third-order valence-electron chi connectivity index (χ3n) is 2.76. The summed E-state index contributed by atoms with van der Waals surface area (Å²) in [5.74, 6) is 0.0976. The lowest BCUT2D eigenvalue weighted by Crippen LogP contribution is -2.01. The van der Waals surface area contributed by atoms with Gasteiger partial charge in [0.15, 0.2) is 11.6 Å². The van der Waals surface area contributed by atoms with Gasteiger partial charge in [0.2, 0.25) is 0 Å². The Morgan fingerprint density at radius 3 is 2.65 bits per heavy atom. The van der Waals surface area contributed by atoms with Gasteiger partial charge in [-0.2, -0.15) is 5.26 Å². The van der Waals surface area contributed by atoms with E-state index in [4.69, 9.17) is 20.5 Å². The Kier molecular flexibility index (Phi) is 4.06. The molecule has 0 aliphatic heterocycles. The Morgan fingerprint density at radius 2 is 2.00 bits per heavy atom. The molecule has 5 heteroatoms. The van der Waals surface area contributed by atoms with Crippen molar-refractivity contribution in [2.24, 2.45) is 0 Å². The SMILES string of the molecule is COc1cc(N)ccc1COc1ccc(C#N)cc1F. The summed E-state index contributed by atoms with van der Waals surface area (Å²) in [4.78, 5) is 0. The van der Waals surface area contributed by atoms with Crippen molar-refractivity contribution in [2.45, 2.75) is 6.61 Å². The van der Waals surface area contributed by atoms with Crippen LogP contribution in [-0.4, -0.2) is 7.11 Å². The molecular formula is C15H13FN2O2. The van der Waals surface area contributed by atoms with E-state index >= 15 is 0 Å². The summed E-state index contributed by atoms with van der Waals surface area (Å²) in [6, 6.07) is 11.1. The Morgan fingerprint density at radius 1 is 1.20 bits per heavy atom. The van der Waals surface area contributed by atoms with Crippen molar-refractivity contribution < 1.29 is 13.9 Å². The molecule has 0 saturated carbocycles. The number of benzene rings is 2. The van der Waals surface area contributed by atoms with E-state index in [2.05, 4.69) is 0 Å². The second-order valence-electron chi connectivity index (χ2n) is 4.12. The summed E-state index contributed by atoms with van der Waals surface area (Å²) in [5, 5.41) is 8.67. The van der Waals surface area contributed by atoms with Crippen molar-refractivity contribution in [1.29, 1.82) is 5.26 Å². The fourth-order valence-corrected chi connectivity index (χ4v) is 1.72. The number of nitrogens with two attached hydrogens (primary N) is 1. The average molecular weight is 272 g/mol. The zero-order valence-electron chi connectivity index (χ0n) is 10.9. The van der Waals surface area contributed by atoms with E-state index in [9.17, 15) is 4.39 Å². The minimum absolute atomic E-state index is 0.0860. The Labute approximate surface area is 116 Å². The fourth-order valence-electron chi connectivity index (χ4n) is 1.72. The van der Waals surface area contributed by atoms with E-state index in [0.717, 1.165) is 11.6 Å². The molecule has 0 aliphatic rings. The Balaban J connectivity index is 2.15. The smallest absolute Gasteiger partial charge is 0.166 e. The van der Waals surface area contributed by atoms with Gasteiger partial charge in [-0.05, 0) is 30.3 Å². The highest BCUT2D eigenvalue weighted by molar-refractivity contribution is 5.48. The maximum Gasteiger partial charge on any atom is 0.166 e. The number of ether oxygens (including phenoxy) is 2. The van der Waals surface area contributed by atoms with Crippen LogP contribution in [0, 0.1) is 17.1 Å². The second kappa shape index (κ2) is 5.93. The molecule has 0 amide bonds. The van der Waals surface area contributed by atoms with Crippen LogP contribution in [0.25, 0.3) is 0 Å². The van der Waals surface area contributed by atoms with Crippen LogP contribution in [-0.2, 0) is 6.61 Å². The molecule has 0 bridgehead atoms. The monoisotopic (exact) mass is 272 g/mol. The molecule has 20 heavy (non-hydrogen) atoms. The van der Waals surface area contributed by atoms with Crippen LogP contribution < -0.4 is 15.2 Å². The number of hydrogen-bond acceptors (Lipinski definition) is 4. The number of nitrogen functional groups attached to an aromatic ring is 1. The minimum atomic E-state index is -0.571. The number of halogens is 1. The van der Waals surface area contributed by atoms with Crippen molar-refractivity contribution in [1.82, 2.24) is 0 Å². The zero-order valence-corrected chi connectivity index (χ0v) is 10.9. The standard InChI is InChI=1S/C15H13FN2O2/c1-19-15-7-12(18)4-3-11(15)9-20-14-5-2-10(8-17)6-13(14)16/h2-7H,9,18H2,1H3. The largest absolute Gasteiger partial charge is 0.496 e. The van der Waals surface area contributed by atoms with Crippen LogP contribution in [0.15, 0.2) is 36.4 Å². The van der Waals surface area contributed by atoms with Gasteiger partial charge in [0.25, 0.3) is 0 Å². The molecule has 4 nitrogen and oxygen atoms in total. The molecule has 0 atom stereocenters. The van der Waals surface area contributed by atoms with Crippen LogP contribution in [0.4, 0.5) is 10.1 Å². The van der Waals surface area contributed by atoms with Crippen LogP contribution in [0.1, 0.15) is 11.1 Å². The van der Waals surface area contributed by atoms with E-state index in [0.29, 0.717) is 11.4 Å². The molecular weight excluding hydrogens is 259 g/mol. The number of anilines is 1. The third kappa shape index (κ3) is 2.98. The minimum Gasteiger partial charge on any atom is -0.496 e. The van der Waals surface area contributed by atoms with Gasteiger partial charge in [0.05, 0.1) is 18.7 Å². The van der Waals surface area contributed by atoms with Crippen LogP contribution >= 0.6 is 0 Å². The van der Waals surface area contributed by atoms with E-state index in [1.165, 1.54) is 19.2 Å². The van der Waals surface area contributed by atoms with Crippen molar-refractivity contribution in [2.75, 3.05) is 12.8 Å². The van der Waals surface area contributed by atoms with Gasteiger partial charge in [0.1, 0.15) is 12.4 Å². The lowest BCUT2D eigenvalue weighted by Gasteiger charge is -2.11. The van der Waals surface area contributed by atoms with Gasteiger partial charge in [-0.25, -0.2) is 4.39 Å². The molecule has 0 aromatic heterocycles. The van der Waals surface area contributed by atoms with Gasteiger partial charge in [-0.3, -0.25) is 0 Å². The summed E-state index contributed by atoms with van der Waals surface area (Å²) in [6.07, 6.45) is 0. The first-order valence-corrected chi connectivity index (χ1v) is 5.89. The van der Waals surface area contributed by atoms with Crippen LogP contribution in [0.2, 0.25) is 0 Å². The van der Waals surface area contributed by atoms with E-state index in [1.807, 2.05) is 6.07 Å². The summed E-state index contributed by atoms with van der Waals surface area (Å²) in [5.41, 5.74) is 7.24. The van der Waals surface area contributed by atoms with Gasteiger partial charge in [0, 0.05) is 17.3 Å². The topological polar surface area (TPSA) is 68.3 Å². The quantitative estimate of drug-likeness (QED) is 0.869. The molecule has 2 aromatic rings. The highest BCUT2D eigenvalue weighted by atomic mass is 19.1. The van der Waals surface area contributed by atoms with E-state index in [-0.39, 0.29) is 17.9 Å². The molecule has 0 heterocycles. The van der Waals surface area contributed by atoms with Gasteiger partial charge >= 0.3 is 0 Å². The summed E-state index contributed by atoms with van der Waals surface area (Å²) >= 11 is 0. The van der Waals surface area contributed by atoms with Crippen molar-refractivity contribution in [3.05, 3.63) is 53.3 Å². The maximum atomic E-state index is 13.7. The molecule has 102 valence electrons. The first kappa shape index (κ1) is 13.7. The molecule has 0 fully saturated rings. The molecule has 0 unspecified atom stereocenters. The lowest BCUT2D eigenvalue weighted by molar-refractivity contribution is 0.282. The molecule has 2 aromatic carbocycles. The average Bonchev–Trinajstić information content (AvgIpc) is 2.46. The van der Waals surface area contributed by atoms with Crippen molar-refractivity contribution in [3.63, 3.8) is 0 Å². The maximum absolute atomic E-state index is 13.7. The third-order valence-corrected chi connectivity index (χ3v) is 2.76. The number of methoxy groups -OCH3 is 1. The molecule has 0 radical (unpaired) electrons. The molecule has 0 saturated heterocycles. The Bertz CT molecular complexity index is 665. The van der Waals surface area contributed by atoms with Gasteiger partial charge in [-0.1, -0.05) is 0 Å². The summed E-state index contributed by atoms with van der Waals surface area (Å²) < 4.78 is 24.2. The summed E-state index contributed by atoms with van der Waals surface area (Å²) in [6.45, 7) is 0.145. The highest BCUT2D eigenvalue weighted by Gasteiger charge is 2.08. The lowest BCUT2D eigenvalue weighted by atomic mass is 10.2. The zero-order chi connectivity index (χ0) is 14.5. The molecule has 0 spiro atoms. The molecule has 0 aliphatic carbocycles. The number of nitriles is 1. The first-order valence-electron chi connectivity index (χ1n) is 5.89. The molecule has 2 N–H and O–H groups in total. The predicted octanol–water partition coefficient (Wildman–Crippen LogP) is 2.87.